The van der Waals surface area contributed by atoms with Gasteiger partial charge in [0.05, 0.1) is 15.5 Å². The van der Waals surface area contributed by atoms with Crippen molar-refractivity contribution in [2.24, 2.45) is 10.9 Å². The average molecular weight is 541 g/mol. The molecule has 0 aromatic heterocycles. The Hall–Kier alpha value is -1.79. The Balaban J connectivity index is 0.00000456. The van der Waals surface area contributed by atoms with Crippen LogP contribution in [-0.4, -0.2) is 44.7 Å². The van der Waals surface area contributed by atoms with E-state index in [4.69, 9.17) is 0 Å². The van der Waals surface area contributed by atoms with E-state index in [2.05, 4.69) is 10.3 Å². The average Bonchev–Trinajstić information content (AvgIpc) is 2.76. The second-order valence-electron chi connectivity index (χ2n) is 8.36. The first-order valence-electron chi connectivity index (χ1n) is 11.2. The zero-order chi connectivity index (χ0) is 26.0. The third-order valence-electron chi connectivity index (χ3n) is 5.90. The van der Waals surface area contributed by atoms with Crippen molar-refractivity contribution in [3.63, 3.8) is 0 Å². The van der Waals surface area contributed by atoms with Gasteiger partial charge in [-0.1, -0.05) is 30.4 Å². The quantitative estimate of drug-likeness (QED) is 0.381. The number of aryl methyl sites for hydroxylation is 1. The molecule has 0 fully saturated rings. The topological polar surface area (TPSA) is 136 Å². The molecule has 2 aromatic carbocycles. The van der Waals surface area contributed by atoms with Crippen molar-refractivity contribution >= 4 is 31.6 Å². The maximum Gasteiger partial charge on any atom is 1.00 e. The molecule has 0 amide bonds. The van der Waals surface area contributed by atoms with E-state index >= 15 is 0 Å². The number of aliphatic imine (C=N–C) groups is 1. The molecule has 1 aliphatic rings. The predicted molar refractivity (Wildman–Crippen MR) is 136 cm³/mol. The monoisotopic (exact) mass is 540 g/mol. The van der Waals surface area contributed by atoms with Crippen LogP contribution in [0.15, 0.2) is 75.0 Å². The molecular weight excluding hydrogens is 511 g/mol. The summed E-state index contributed by atoms with van der Waals surface area (Å²) in [4.78, 5) is 3.12. The molecule has 2 aromatic rings. The van der Waals surface area contributed by atoms with Gasteiger partial charge in [0.2, 0.25) is 0 Å². The summed E-state index contributed by atoms with van der Waals surface area (Å²) < 4.78 is 69.4. The number of nitrogens with one attached hydrogen (secondary N) is 1. The summed E-state index contributed by atoms with van der Waals surface area (Å²) in [6, 6.07) is 8.80. The van der Waals surface area contributed by atoms with Crippen molar-refractivity contribution in [1.29, 1.82) is 0 Å². The molecule has 36 heavy (non-hydrogen) atoms. The summed E-state index contributed by atoms with van der Waals surface area (Å²) in [5.41, 5.74) is 4.56. The van der Waals surface area contributed by atoms with E-state index in [1.165, 1.54) is 6.07 Å². The van der Waals surface area contributed by atoms with Gasteiger partial charge in [0.15, 0.2) is 0 Å². The number of nitrogens with zero attached hydrogens (tertiary/aromatic N) is 1. The standard InChI is InChI=1S/C25H30N2O6S2.Na/c1-5-26-22-11-7-18(13-16(22)3)25(19-8-12-23(27-6-2)17(4)14-19)21-10-9-20(34(28,29)30)15-24(21)35(31,32)33;/h7-15,18,25,27H,5-6H2,1-4H3,(H,28,29,30)(H,31,32,33);/q;+1/p-1. The van der Waals surface area contributed by atoms with Crippen molar-refractivity contribution in [2.45, 2.75) is 43.4 Å². The summed E-state index contributed by atoms with van der Waals surface area (Å²) >= 11 is 0. The fourth-order valence-electron chi connectivity index (χ4n) is 4.35. The van der Waals surface area contributed by atoms with E-state index in [0.717, 1.165) is 46.8 Å². The Labute approximate surface area is 235 Å². The molecule has 0 spiro atoms. The first-order valence-corrected chi connectivity index (χ1v) is 14.0. The minimum atomic E-state index is -4.93. The Kier molecular flexibility index (Phi) is 10.3. The number of anilines is 1. The first-order chi connectivity index (χ1) is 16.4. The molecule has 2 N–H and O–H groups in total. The molecular formula is C25H29N2NaO6S2. The molecule has 8 nitrogen and oxygen atoms in total. The summed E-state index contributed by atoms with van der Waals surface area (Å²) in [5.74, 6) is -0.926. The second-order valence-corrected chi connectivity index (χ2v) is 11.1. The molecule has 0 heterocycles. The van der Waals surface area contributed by atoms with Crippen LogP contribution in [0.2, 0.25) is 0 Å². The summed E-state index contributed by atoms with van der Waals surface area (Å²) in [5, 5.41) is 3.27. The zero-order valence-electron chi connectivity index (χ0n) is 21.0. The van der Waals surface area contributed by atoms with Crippen LogP contribution in [0.4, 0.5) is 5.69 Å². The molecule has 0 radical (unpaired) electrons. The fraction of sp³-hybridized carbons (Fsp3) is 0.320. The molecule has 11 heteroatoms. The number of hydrogen-bond acceptors (Lipinski definition) is 7. The maximum absolute atomic E-state index is 12.4. The minimum absolute atomic E-state index is 0. The van der Waals surface area contributed by atoms with Crippen LogP contribution in [0.5, 0.6) is 0 Å². The van der Waals surface area contributed by atoms with E-state index in [1.54, 1.807) is 0 Å². The molecule has 0 aliphatic heterocycles. The predicted octanol–water partition coefficient (Wildman–Crippen LogP) is 1.31. The van der Waals surface area contributed by atoms with Gasteiger partial charge >= 0.3 is 29.6 Å². The third kappa shape index (κ3) is 6.95. The van der Waals surface area contributed by atoms with Crippen molar-refractivity contribution in [1.82, 2.24) is 0 Å². The van der Waals surface area contributed by atoms with E-state index in [0.29, 0.717) is 6.54 Å². The number of rotatable bonds is 8. The van der Waals surface area contributed by atoms with Crippen LogP contribution in [0, 0.1) is 12.8 Å². The van der Waals surface area contributed by atoms with Crippen LogP contribution < -0.4 is 34.9 Å². The van der Waals surface area contributed by atoms with E-state index in [9.17, 15) is 25.9 Å². The second kappa shape index (κ2) is 12.2. The zero-order valence-corrected chi connectivity index (χ0v) is 24.7. The maximum atomic E-state index is 12.4. The smallest absolute Gasteiger partial charge is 0.744 e. The van der Waals surface area contributed by atoms with Gasteiger partial charge < -0.3 is 9.87 Å². The van der Waals surface area contributed by atoms with Crippen LogP contribution in [0.25, 0.3) is 0 Å². The molecule has 188 valence electrons. The molecule has 1 aliphatic carbocycles. The normalized spacial score (nSPS) is 17.9. The van der Waals surface area contributed by atoms with Crippen molar-refractivity contribution < 1.29 is 55.5 Å². The summed E-state index contributed by atoms with van der Waals surface area (Å²) in [6.45, 7) is 9.10. The molecule has 2 atom stereocenters. The fourth-order valence-corrected chi connectivity index (χ4v) is 5.69. The Morgan fingerprint density at radius 1 is 1.08 bits per heavy atom. The number of hydrogen-bond donors (Lipinski definition) is 2. The van der Waals surface area contributed by atoms with Gasteiger partial charge in [-0.15, -0.1) is 0 Å². The van der Waals surface area contributed by atoms with Gasteiger partial charge in [-0.25, -0.2) is 8.42 Å². The van der Waals surface area contributed by atoms with Crippen molar-refractivity contribution in [2.75, 3.05) is 18.4 Å². The van der Waals surface area contributed by atoms with Gasteiger partial charge in [-0.05, 0) is 74.2 Å². The molecule has 0 bridgehead atoms. The van der Waals surface area contributed by atoms with Crippen LogP contribution in [0.1, 0.15) is 43.4 Å². The van der Waals surface area contributed by atoms with Crippen LogP contribution in [-0.2, 0) is 20.2 Å². The minimum Gasteiger partial charge on any atom is -0.744 e. The van der Waals surface area contributed by atoms with Gasteiger partial charge in [-0.2, -0.15) is 8.42 Å². The largest absolute Gasteiger partial charge is 1.00 e. The van der Waals surface area contributed by atoms with Crippen molar-refractivity contribution in [3.8, 4) is 0 Å². The van der Waals surface area contributed by atoms with Crippen molar-refractivity contribution in [3.05, 3.63) is 76.9 Å². The van der Waals surface area contributed by atoms with E-state index in [1.807, 2.05) is 64.1 Å². The molecule has 0 saturated carbocycles. The van der Waals surface area contributed by atoms with E-state index < -0.39 is 35.9 Å². The van der Waals surface area contributed by atoms with Gasteiger partial charge in [0.1, 0.15) is 10.1 Å². The van der Waals surface area contributed by atoms with Crippen LogP contribution in [0.3, 0.4) is 0 Å². The van der Waals surface area contributed by atoms with E-state index in [-0.39, 0.29) is 41.0 Å². The van der Waals surface area contributed by atoms with Gasteiger partial charge in [0.25, 0.3) is 10.1 Å². The van der Waals surface area contributed by atoms with Crippen LogP contribution >= 0.6 is 0 Å². The van der Waals surface area contributed by atoms with Gasteiger partial charge in [0, 0.05) is 30.6 Å². The first kappa shape index (κ1) is 30.4. The molecule has 2 unspecified atom stereocenters. The number of benzene rings is 2. The number of allylic oxidation sites excluding steroid dienone is 4. The third-order valence-corrected chi connectivity index (χ3v) is 7.64. The SMILES string of the molecule is CCN=C1C=CC(C(c2ccc(NCC)c(C)c2)c2ccc(S(=O)(=O)[O-])cc2S(=O)(=O)O)C=C1C.[Na+]. The van der Waals surface area contributed by atoms with Gasteiger partial charge in [-0.3, -0.25) is 9.55 Å². The summed E-state index contributed by atoms with van der Waals surface area (Å²) in [7, 11) is -9.79. The Bertz CT molecular complexity index is 1430. The Morgan fingerprint density at radius 3 is 2.31 bits per heavy atom. The Morgan fingerprint density at radius 2 is 1.78 bits per heavy atom. The molecule has 3 rings (SSSR count). The summed E-state index contributed by atoms with van der Waals surface area (Å²) in [6.07, 6.45) is 5.75. The molecule has 0 saturated heterocycles.